The lowest BCUT2D eigenvalue weighted by atomic mass is 10.1. The van der Waals surface area contributed by atoms with Crippen LogP contribution in [0.4, 0.5) is 23.0 Å². The van der Waals surface area contributed by atoms with Crippen molar-refractivity contribution in [1.29, 1.82) is 0 Å². The van der Waals surface area contributed by atoms with E-state index in [1.165, 1.54) is 22.5 Å². The van der Waals surface area contributed by atoms with E-state index in [0.29, 0.717) is 0 Å². The topological polar surface area (TPSA) is 36.3 Å². The van der Waals surface area contributed by atoms with E-state index in [1.807, 2.05) is 0 Å². The van der Waals surface area contributed by atoms with E-state index in [-0.39, 0.29) is 0 Å². The van der Waals surface area contributed by atoms with E-state index < -0.39 is 0 Å². The Labute approximate surface area is 181 Å². The van der Waals surface area contributed by atoms with E-state index in [1.54, 1.807) is 0 Å². The zero-order valence-electron chi connectivity index (χ0n) is 19.5. The zero-order valence-corrected chi connectivity index (χ0v) is 19.5. The number of fused-ring (bicyclic) bond motifs is 1. The van der Waals surface area contributed by atoms with Gasteiger partial charge in [-0.05, 0) is 69.5 Å². The molecule has 3 rings (SSSR count). The molecule has 1 N–H and O–H groups in total. The molecule has 0 aliphatic rings. The van der Waals surface area contributed by atoms with Crippen LogP contribution in [0.25, 0.3) is 11.0 Å². The Morgan fingerprint density at radius 2 is 1.63 bits per heavy atom. The van der Waals surface area contributed by atoms with Gasteiger partial charge in [0.1, 0.15) is 0 Å². The normalized spacial score (nSPS) is 11.1. The number of anilines is 4. The molecule has 162 valence electrons. The van der Waals surface area contributed by atoms with Gasteiger partial charge in [-0.1, -0.05) is 19.9 Å². The van der Waals surface area contributed by atoms with Gasteiger partial charge in [-0.25, -0.2) is 4.98 Å². The number of nitrogens with one attached hydrogen (secondary N) is 1. The van der Waals surface area contributed by atoms with Gasteiger partial charge in [0.25, 0.3) is 0 Å². The van der Waals surface area contributed by atoms with Gasteiger partial charge in [0, 0.05) is 44.6 Å². The molecule has 3 aromatic rings. The molecule has 5 heteroatoms. The van der Waals surface area contributed by atoms with Crippen molar-refractivity contribution in [3.8, 4) is 0 Å². The van der Waals surface area contributed by atoms with Crippen LogP contribution in [0.5, 0.6) is 0 Å². The van der Waals surface area contributed by atoms with Gasteiger partial charge in [0.2, 0.25) is 5.95 Å². The van der Waals surface area contributed by atoms with Gasteiger partial charge < -0.3 is 19.7 Å². The van der Waals surface area contributed by atoms with Crippen molar-refractivity contribution in [2.45, 2.75) is 47.5 Å². The molecule has 0 unspecified atom stereocenters. The van der Waals surface area contributed by atoms with Crippen LogP contribution in [0.3, 0.4) is 0 Å². The van der Waals surface area contributed by atoms with E-state index in [0.717, 1.165) is 56.2 Å². The van der Waals surface area contributed by atoms with Crippen LogP contribution in [0.15, 0.2) is 36.4 Å². The summed E-state index contributed by atoms with van der Waals surface area (Å²) in [5.41, 5.74) is 7.10. The fourth-order valence-electron chi connectivity index (χ4n) is 4.20. The number of rotatable bonds is 10. The van der Waals surface area contributed by atoms with Gasteiger partial charge >= 0.3 is 0 Å². The first-order valence-electron chi connectivity index (χ1n) is 11.4. The van der Waals surface area contributed by atoms with Crippen LogP contribution >= 0.6 is 0 Å². The van der Waals surface area contributed by atoms with Crippen molar-refractivity contribution in [3.63, 3.8) is 0 Å². The third-order valence-electron chi connectivity index (χ3n) is 5.79. The molecule has 0 saturated carbocycles. The van der Waals surface area contributed by atoms with Crippen molar-refractivity contribution in [1.82, 2.24) is 9.55 Å². The summed E-state index contributed by atoms with van der Waals surface area (Å²) in [5, 5.41) is 3.58. The van der Waals surface area contributed by atoms with Gasteiger partial charge in [-0.15, -0.1) is 0 Å². The molecular formula is C25H37N5. The van der Waals surface area contributed by atoms with Crippen LogP contribution in [0, 0.1) is 6.92 Å². The van der Waals surface area contributed by atoms with Gasteiger partial charge in [-0.2, -0.15) is 0 Å². The van der Waals surface area contributed by atoms with E-state index in [2.05, 4.69) is 97.7 Å². The highest BCUT2D eigenvalue weighted by Crippen LogP contribution is 2.31. The summed E-state index contributed by atoms with van der Waals surface area (Å²) < 4.78 is 2.20. The molecule has 0 bridgehead atoms. The fraction of sp³-hybridized carbons (Fsp3) is 0.480. The van der Waals surface area contributed by atoms with Crippen molar-refractivity contribution >= 4 is 34.0 Å². The summed E-state index contributed by atoms with van der Waals surface area (Å²) >= 11 is 0. The Kier molecular flexibility index (Phi) is 7.24. The second-order valence-electron chi connectivity index (χ2n) is 7.92. The maximum atomic E-state index is 4.92. The highest BCUT2D eigenvalue weighted by atomic mass is 15.2. The lowest BCUT2D eigenvalue weighted by Crippen LogP contribution is -2.25. The number of imidazole rings is 1. The summed E-state index contributed by atoms with van der Waals surface area (Å²) in [5.74, 6) is 0.879. The number of hydrogen-bond donors (Lipinski definition) is 1. The van der Waals surface area contributed by atoms with Crippen molar-refractivity contribution in [2.75, 3.05) is 41.3 Å². The van der Waals surface area contributed by atoms with Crippen LogP contribution in [-0.4, -0.2) is 35.7 Å². The van der Waals surface area contributed by atoms with Crippen molar-refractivity contribution in [2.24, 2.45) is 7.05 Å². The Balaban J connectivity index is 1.96. The summed E-state index contributed by atoms with van der Waals surface area (Å²) in [6.07, 6.45) is 2.27. The third-order valence-corrected chi connectivity index (χ3v) is 5.79. The molecule has 1 heterocycles. The number of aryl methyl sites for hydroxylation is 2. The molecule has 0 radical (unpaired) electrons. The minimum absolute atomic E-state index is 0.879. The smallest absolute Gasteiger partial charge is 0.208 e. The molecule has 30 heavy (non-hydrogen) atoms. The lowest BCUT2D eigenvalue weighted by molar-refractivity contribution is 0.745. The predicted molar refractivity (Wildman–Crippen MR) is 132 cm³/mol. The van der Waals surface area contributed by atoms with Crippen LogP contribution < -0.4 is 15.1 Å². The molecule has 0 spiro atoms. The zero-order chi connectivity index (χ0) is 21.7. The first-order chi connectivity index (χ1) is 14.5. The quantitative estimate of drug-likeness (QED) is 0.441. The first-order valence-corrected chi connectivity index (χ1v) is 11.4. The van der Waals surface area contributed by atoms with Crippen molar-refractivity contribution in [3.05, 3.63) is 42.0 Å². The van der Waals surface area contributed by atoms with Crippen molar-refractivity contribution < 1.29 is 0 Å². The van der Waals surface area contributed by atoms with Crippen LogP contribution in [0.1, 0.15) is 46.1 Å². The second kappa shape index (κ2) is 9.88. The summed E-state index contributed by atoms with van der Waals surface area (Å²) in [6, 6.07) is 13.1. The average Bonchev–Trinajstić information content (AvgIpc) is 3.06. The van der Waals surface area contributed by atoms with Gasteiger partial charge in [-0.3, -0.25) is 0 Å². The second-order valence-corrected chi connectivity index (χ2v) is 7.92. The molecule has 0 fully saturated rings. The molecule has 0 amide bonds. The minimum Gasteiger partial charge on any atom is -0.372 e. The summed E-state index contributed by atoms with van der Waals surface area (Å²) in [6.45, 7) is 15.2. The number of para-hydroxylation sites is 1. The van der Waals surface area contributed by atoms with Crippen LogP contribution in [0.2, 0.25) is 0 Å². The molecule has 0 aliphatic carbocycles. The minimum atomic E-state index is 0.879. The Bertz CT molecular complexity index is 965. The predicted octanol–water partition coefficient (Wildman–Crippen LogP) is 6.10. The average molecular weight is 408 g/mol. The maximum Gasteiger partial charge on any atom is 0.208 e. The summed E-state index contributed by atoms with van der Waals surface area (Å²) in [4.78, 5) is 9.77. The first kappa shape index (κ1) is 22.0. The number of aromatic nitrogens is 2. The molecule has 0 aliphatic heterocycles. The Morgan fingerprint density at radius 3 is 2.23 bits per heavy atom. The molecule has 2 aromatic carbocycles. The largest absolute Gasteiger partial charge is 0.372 e. The Morgan fingerprint density at radius 1 is 0.933 bits per heavy atom. The standard InChI is InChI=1S/C25H37N5/c1-7-16-30(17-8-2)23-13-11-12-22-24(23)28(6)25(27-22)26-21-15-14-20(18-19(21)5)29(9-3)10-4/h11-15,18H,7-10,16-17H2,1-6H3,(H,26,27). The highest BCUT2D eigenvalue weighted by Gasteiger charge is 2.16. The number of nitrogens with zero attached hydrogens (tertiary/aromatic N) is 4. The lowest BCUT2D eigenvalue weighted by Gasteiger charge is -2.25. The van der Waals surface area contributed by atoms with E-state index in [4.69, 9.17) is 4.98 Å². The van der Waals surface area contributed by atoms with Crippen LogP contribution in [-0.2, 0) is 7.05 Å². The van der Waals surface area contributed by atoms with E-state index >= 15 is 0 Å². The SMILES string of the molecule is CCCN(CCC)c1cccc2nc(Nc3ccc(N(CC)CC)cc3C)n(C)c12. The molecule has 5 nitrogen and oxygen atoms in total. The maximum absolute atomic E-state index is 4.92. The summed E-state index contributed by atoms with van der Waals surface area (Å²) in [7, 11) is 2.11. The number of benzene rings is 2. The molecule has 0 saturated heterocycles. The molecular weight excluding hydrogens is 370 g/mol. The van der Waals surface area contributed by atoms with Gasteiger partial charge in [0.15, 0.2) is 0 Å². The monoisotopic (exact) mass is 407 g/mol. The fourth-order valence-corrected chi connectivity index (χ4v) is 4.20. The highest BCUT2D eigenvalue weighted by molar-refractivity contribution is 5.91. The van der Waals surface area contributed by atoms with E-state index in [9.17, 15) is 0 Å². The molecule has 1 aromatic heterocycles. The van der Waals surface area contributed by atoms with Gasteiger partial charge in [0.05, 0.1) is 16.7 Å². The number of hydrogen-bond acceptors (Lipinski definition) is 4. The third kappa shape index (κ3) is 4.40. The Hall–Kier alpha value is -2.69. The molecule has 0 atom stereocenters.